The van der Waals surface area contributed by atoms with Gasteiger partial charge in [-0.3, -0.25) is 4.79 Å². The van der Waals surface area contributed by atoms with E-state index in [0.29, 0.717) is 6.61 Å². The quantitative estimate of drug-likeness (QED) is 0.675. The molecule has 4 nitrogen and oxygen atoms in total. The topological polar surface area (TPSA) is 44.8 Å². The Morgan fingerprint density at radius 3 is 2.40 bits per heavy atom. The molecule has 0 radical (unpaired) electrons. The summed E-state index contributed by atoms with van der Waals surface area (Å²) in [5.74, 6) is -1.11. The van der Waals surface area contributed by atoms with Crippen molar-refractivity contribution in [2.75, 3.05) is 6.61 Å². The van der Waals surface area contributed by atoms with Crippen LogP contribution in [0.25, 0.3) is 0 Å². The minimum absolute atomic E-state index is 0.119. The van der Waals surface area contributed by atoms with Crippen LogP contribution in [0.5, 0.6) is 0 Å². The van der Waals surface area contributed by atoms with Crippen molar-refractivity contribution >= 4 is 5.97 Å². The molecular formula is C11H20O4. The number of carbonyl (C=O) groups is 1. The molecule has 0 aromatic rings. The third kappa shape index (κ3) is 3.80. The van der Waals surface area contributed by atoms with Crippen LogP contribution in [0.2, 0.25) is 0 Å². The van der Waals surface area contributed by atoms with Crippen molar-refractivity contribution in [2.45, 2.75) is 58.5 Å². The smallest absolute Gasteiger partial charge is 0.311 e. The van der Waals surface area contributed by atoms with E-state index in [0.717, 1.165) is 6.42 Å². The fraction of sp³-hybridized carbons (Fsp3) is 0.909. The Morgan fingerprint density at radius 1 is 1.40 bits per heavy atom. The van der Waals surface area contributed by atoms with Gasteiger partial charge in [-0.25, -0.2) is 0 Å². The molecule has 1 rings (SSSR count). The third-order valence-electron chi connectivity index (χ3n) is 2.34. The van der Waals surface area contributed by atoms with Crippen molar-refractivity contribution in [3.05, 3.63) is 0 Å². The van der Waals surface area contributed by atoms with Gasteiger partial charge < -0.3 is 14.2 Å². The normalized spacial score (nSPS) is 36.3. The lowest BCUT2D eigenvalue weighted by molar-refractivity contribution is -0.303. The molecule has 0 aromatic heterocycles. The van der Waals surface area contributed by atoms with E-state index in [9.17, 15) is 4.79 Å². The van der Waals surface area contributed by atoms with E-state index in [2.05, 4.69) is 0 Å². The summed E-state index contributed by atoms with van der Waals surface area (Å²) >= 11 is 0. The van der Waals surface area contributed by atoms with Gasteiger partial charge in [0.2, 0.25) is 0 Å². The van der Waals surface area contributed by atoms with Crippen LogP contribution in [0.15, 0.2) is 0 Å². The summed E-state index contributed by atoms with van der Waals surface area (Å²) in [4.78, 5) is 11.3. The summed E-state index contributed by atoms with van der Waals surface area (Å²) in [5, 5.41) is 0. The van der Waals surface area contributed by atoms with Crippen LogP contribution < -0.4 is 0 Å². The lowest BCUT2D eigenvalue weighted by atomic mass is 10.1. The van der Waals surface area contributed by atoms with Gasteiger partial charge in [-0.05, 0) is 34.1 Å². The molecule has 88 valence electrons. The highest BCUT2D eigenvalue weighted by Crippen LogP contribution is 2.29. The SMILES string of the molecule is CCOC(=O)CC1(C)O[C@H](C)C[C@H](C)O1. The van der Waals surface area contributed by atoms with E-state index in [1.165, 1.54) is 0 Å². The first kappa shape index (κ1) is 12.5. The molecule has 4 heteroatoms. The van der Waals surface area contributed by atoms with E-state index < -0.39 is 5.79 Å². The van der Waals surface area contributed by atoms with Gasteiger partial charge in [0, 0.05) is 0 Å². The molecule has 1 saturated heterocycles. The van der Waals surface area contributed by atoms with Crippen LogP contribution in [-0.2, 0) is 19.0 Å². The zero-order valence-corrected chi connectivity index (χ0v) is 9.91. The van der Waals surface area contributed by atoms with Crippen molar-refractivity contribution in [1.82, 2.24) is 0 Å². The first-order valence-electron chi connectivity index (χ1n) is 5.46. The second-order valence-corrected chi connectivity index (χ2v) is 4.21. The number of carbonyl (C=O) groups excluding carboxylic acids is 1. The first-order chi connectivity index (χ1) is 6.95. The summed E-state index contributed by atoms with van der Waals surface area (Å²) in [6, 6.07) is 0. The Kier molecular flexibility index (Phi) is 4.11. The molecule has 0 spiro atoms. The van der Waals surface area contributed by atoms with E-state index >= 15 is 0 Å². The monoisotopic (exact) mass is 216 g/mol. The Bertz CT molecular complexity index is 217. The molecule has 0 amide bonds. The number of rotatable bonds is 3. The lowest BCUT2D eigenvalue weighted by Gasteiger charge is -2.40. The second-order valence-electron chi connectivity index (χ2n) is 4.21. The fourth-order valence-electron chi connectivity index (χ4n) is 2.00. The Hall–Kier alpha value is -0.610. The summed E-state index contributed by atoms with van der Waals surface area (Å²) in [6.07, 6.45) is 1.25. The van der Waals surface area contributed by atoms with E-state index in [-0.39, 0.29) is 24.6 Å². The molecule has 0 N–H and O–H groups in total. The molecule has 0 aliphatic carbocycles. The average Bonchev–Trinajstić information content (AvgIpc) is 1.99. The molecule has 0 aromatic carbocycles. The molecule has 0 bridgehead atoms. The summed E-state index contributed by atoms with van der Waals surface area (Å²) in [5.41, 5.74) is 0. The summed E-state index contributed by atoms with van der Waals surface area (Å²) < 4.78 is 16.2. The van der Waals surface area contributed by atoms with Crippen LogP contribution in [0.3, 0.4) is 0 Å². The molecule has 0 saturated carbocycles. The van der Waals surface area contributed by atoms with Gasteiger partial charge >= 0.3 is 5.97 Å². The summed E-state index contributed by atoms with van der Waals surface area (Å²) in [6.45, 7) is 7.94. The van der Waals surface area contributed by atoms with E-state index in [4.69, 9.17) is 14.2 Å². The van der Waals surface area contributed by atoms with Crippen LogP contribution in [0.4, 0.5) is 0 Å². The van der Waals surface area contributed by atoms with Crippen molar-refractivity contribution < 1.29 is 19.0 Å². The minimum Gasteiger partial charge on any atom is -0.466 e. The van der Waals surface area contributed by atoms with Crippen molar-refractivity contribution in [1.29, 1.82) is 0 Å². The average molecular weight is 216 g/mol. The van der Waals surface area contributed by atoms with Gasteiger partial charge in [0.15, 0.2) is 5.79 Å². The minimum atomic E-state index is -0.830. The summed E-state index contributed by atoms with van der Waals surface area (Å²) in [7, 11) is 0. The van der Waals surface area contributed by atoms with Crippen LogP contribution >= 0.6 is 0 Å². The van der Waals surface area contributed by atoms with E-state index in [1.807, 2.05) is 13.8 Å². The number of hydrogen-bond donors (Lipinski definition) is 0. The van der Waals surface area contributed by atoms with Gasteiger partial charge in [0.1, 0.15) is 0 Å². The molecule has 1 fully saturated rings. The molecule has 15 heavy (non-hydrogen) atoms. The molecule has 1 heterocycles. The predicted molar refractivity (Wildman–Crippen MR) is 55.4 cm³/mol. The predicted octanol–water partition coefficient (Wildman–Crippen LogP) is 1.87. The van der Waals surface area contributed by atoms with Crippen molar-refractivity contribution in [3.63, 3.8) is 0 Å². The van der Waals surface area contributed by atoms with Crippen molar-refractivity contribution in [3.8, 4) is 0 Å². The van der Waals surface area contributed by atoms with Gasteiger partial charge in [-0.1, -0.05) is 0 Å². The van der Waals surface area contributed by atoms with Crippen molar-refractivity contribution in [2.24, 2.45) is 0 Å². The molecule has 1 unspecified atom stereocenters. The van der Waals surface area contributed by atoms with Crippen LogP contribution in [0, 0.1) is 0 Å². The van der Waals surface area contributed by atoms with Crippen LogP contribution in [-0.4, -0.2) is 30.6 Å². The fourth-order valence-corrected chi connectivity index (χ4v) is 2.00. The van der Waals surface area contributed by atoms with Gasteiger partial charge in [0.25, 0.3) is 0 Å². The Balaban J connectivity index is 2.53. The highest BCUT2D eigenvalue weighted by Gasteiger charge is 2.38. The first-order valence-corrected chi connectivity index (χ1v) is 5.46. The molecule has 1 aliphatic rings. The maximum absolute atomic E-state index is 11.3. The zero-order valence-electron chi connectivity index (χ0n) is 9.91. The van der Waals surface area contributed by atoms with Gasteiger partial charge in [-0.2, -0.15) is 0 Å². The Labute approximate surface area is 90.9 Å². The molecule has 1 aliphatic heterocycles. The zero-order chi connectivity index (χ0) is 11.5. The number of hydrogen-bond acceptors (Lipinski definition) is 4. The molecular weight excluding hydrogens is 196 g/mol. The number of ether oxygens (including phenoxy) is 3. The highest BCUT2D eigenvalue weighted by molar-refractivity contribution is 5.70. The van der Waals surface area contributed by atoms with Gasteiger partial charge in [-0.15, -0.1) is 0 Å². The standard InChI is InChI=1S/C11H20O4/c1-5-13-10(12)7-11(4)14-8(2)6-9(3)15-11/h8-9H,5-7H2,1-4H3/t8-,9+,11?. The van der Waals surface area contributed by atoms with Gasteiger partial charge in [0.05, 0.1) is 25.2 Å². The highest BCUT2D eigenvalue weighted by atomic mass is 16.7. The second kappa shape index (κ2) is 4.94. The maximum atomic E-state index is 11.3. The largest absolute Gasteiger partial charge is 0.466 e. The van der Waals surface area contributed by atoms with Crippen LogP contribution in [0.1, 0.15) is 40.5 Å². The third-order valence-corrected chi connectivity index (χ3v) is 2.34. The molecule has 3 atom stereocenters. The maximum Gasteiger partial charge on any atom is 0.311 e. The Morgan fingerprint density at radius 2 is 1.93 bits per heavy atom. The number of esters is 1. The lowest BCUT2D eigenvalue weighted by Crippen LogP contribution is -2.46. The van der Waals surface area contributed by atoms with E-state index in [1.54, 1.807) is 13.8 Å².